The molecular weight excluding hydrogens is 813 g/mol. The molecule has 376 valence electrons. The van der Waals surface area contributed by atoms with Crippen molar-refractivity contribution < 1.29 is 52.1 Å². The van der Waals surface area contributed by atoms with E-state index in [-0.39, 0.29) is 129 Å². The lowest BCUT2D eigenvalue weighted by atomic mass is 10.2. The van der Waals surface area contributed by atoms with Gasteiger partial charge >= 0.3 is 11.8 Å². The molecule has 0 spiro atoms. The van der Waals surface area contributed by atoms with Gasteiger partial charge in [-0.25, -0.2) is 0 Å². The third-order valence-electron chi connectivity index (χ3n) is 7.83. The molecule has 0 aliphatic rings. The molecule has 0 aromatic heterocycles. The van der Waals surface area contributed by atoms with Crippen LogP contribution in [-0.2, 0) is 52.1 Å². The molecule has 0 aliphatic carbocycles. The zero-order chi connectivity index (χ0) is 40.0. The lowest BCUT2D eigenvalue weighted by molar-refractivity contribution is -0.306. The summed E-state index contributed by atoms with van der Waals surface area (Å²) in [5.41, 5.74) is 0. The summed E-state index contributed by atoms with van der Waals surface area (Å²) in [4.78, 5) is 25.3. The van der Waals surface area contributed by atoms with Crippen molar-refractivity contribution in [2.45, 2.75) is 164 Å². The van der Waals surface area contributed by atoms with E-state index < -0.39 is 22.7 Å². The summed E-state index contributed by atoms with van der Waals surface area (Å²) in [6.45, 7) is 58.2. The van der Waals surface area contributed by atoms with Crippen LogP contribution in [-0.4, -0.2) is 108 Å². The van der Waals surface area contributed by atoms with Crippen LogP contribution in [0.4, 0.5) is 0 Å². The van der Waals surface area contributed by atoms with Crippen molar-refractivity contribution in [3.63, 3.8) is 0 Å². The molecule has 0 bridgehead atoms. The first kappa shape index (κ1) is 93.5. The van der Waals surface area contributed by atoms with E-state index in [0.717, 1.165) is 0 Å². The van der Waals surface area contributed by atoms with Crippen LogP contribution >= 0.6 is 0 Å². The predicted molar refractivity (Wildman–Crippen MR) is 274 cm³/mol. The van der Waals surface area contributed by atoms with Crippen molar-refractivity contribution in [3.05, 3.63) is 74.1 Å². The molecule has 0 saturated carbocycles. The fourth-order valence-corrected chi connectivity index (χ4v) is 4.96. The topological polar surface area (TPSA) is 110 Å². The molecule has 0 atom stereocenters. The normalized spacial score (nSPS) is 9.87. The molecule has 61 heavy (non-hydrogen) atoms. The van der Waals surface area contributed by atoms with Gasteiger partial charge in [0.2, 0.25) is 0 Å². The molecule has 0 saturated heterocycles. The van der Waals surface area contributed by atoms with E-state index in [0.29, 0.717) is 52.9 Å². The van der Waals surface area contributed by atoms with Gasteiger partial charge in [0.05, 0.1) is 79.2 Å². The van der Waals surface area contributed by atoms with Crippen LogP contribution < -0.4 is 0 Å². The minimum Gasteiger partial charge on any atom is -0.414 e. The molecule has 0 aromatic carbocycles. The number of nitrogens with zero attached hydrogens (tertiary/aromatic N) is 2. The first-order chi connectivity index (χ1) is 23.9. The van der Waals surface area contributed by atoms with Crippen molar-refractivity contribution in [2.75, 3.05) is 79.3 Å². The lowest BCUT2D eigenvalue weighted by Crippen LogP contribution is -2.42. The number of ether oxygens (including phenoxy) is 5. The highest BCUT2D eigenvalue weighted by Gasteiger charge is 2.37. The van der Waals surface area contributed by atoms with E-state index in [2.05, 4.69) is 117 Å². The molecular formula is C46H108N2O11Si2. The Bertz CT molecular complexity index is 938. The van der Waals surface area contributed by atoms with Gasteiger partial charge in [-0.2, -0.15) is 19.5 Å². The molecule has 0 radical (unpaired) electrons. The quantitative estimate of drug-likeness (QED) is 0.0142. The molecule has 0 rings (SSSR count). The third-order valence-corrected chi connectivity index (χ3v) is 16.9. The maximum Gasteiger partial charge on any atom is 0.363 e. The third kappa shape index (κ3) is 50.1. The Balaban J connectivity index is -0.000000145. The highest BCUT2D eigenvalue weighted by molar-refractivity contribution is 6.74. The van der Waals surface area contributed by atoms with Crippen LogP contribution in [0.1, 0.15) is 116 Å². The molecule has 0 unspecified atom stereocenters. The molecule has 0 aromatic rings. The van der Waals surface area contributed by atoms with Crippen molar-refractivity contribution in [3.8, 4) is 0 Å². The van der Waals surface area contributed by atoms with Gasteiger partial charge in [0.1, 0.15) is 25.4 Å². The Morgan fingerprint density at radius 1 is 0.459 bits per heavy atom. The van der Waals surface area contributed by atoms with Gasteiger partial charge in [0.15, 0.2) is 16.6 Å². The summed E-state index contributed by atoms with van der Waals surface area (Å²) >= 11 is 0. The van der Waals surface area contributed by atoms with E-state index in [1.54, 1.807) is 0 Å². The van der Waals surface area contributed by atoms with Gasteiger partial charge < -0.3 is 42.3 Å². The second-order valence-corrected chi connectivity index (χ2v) is 23.3. The monoisotopic (exact) mass is 921 g/mol. The Hall–Kier alpha value is -2.39. The van der Waals surface area contributed by atoms with Crippen LogP contribution in [0, 0.1) is 13.1 Å². The van der Waals surface area contributed by atoms with Gasteiger partial charge in [-0.3, -0.25) is 0 Å². The van der Waals surface area contributed by atoms with E-state index in [4.69, 9.17) is 65.2 Å². The lowest BCUT2D eigenvalue weighted by Gasteiger charge is -2.36. The SMILES string of the molecule is C.C.C.C.C.C.C.C.C.C.C=C.C=C.[C-]#[N+]C(=C)OOCC(COOC(=C)[N+]#[C-])OCCOCCOC(COCCO[Si](C)(C)C(C)(C)C)COCCO[Si](C)(C)C(C)(C)C. The molecule has 15 heteroatoms. The summed E-state index contributed by atoms with van der Waals surface area (Å²) in [5, 5.41) is 0.275. The van der Waals surface area contributed by atoms with Crippen LogP contribution in [0.2, 0.25) is 36.3 Å². The highest BCUT2D eigenvalue weighted by Crippen LogP contribution is 2.37. The second kappa shape index (κ2) is 53.7. The van der Waals surface area contributed by atoms with Crippen LogP contribution in [0.15, 0.2) is 51.2 Å². The van der Waals surface area contributed by atoms with Gasteiger partial charge in [-0.05, 0) is 36.3 Å². The molecule has 0 N–H and O–H groups in total. The summed E-state index contributed by atoms with van der Waals surface area (Å²) in [6.07, 6.45) is -0.934. The summed E-state index contributed by atoms with van der Waals surface area (Å²) in [6, 6.07) is 0. The van der Waals surface area contributed by atoms with Crippen molar-refractivity contribution in [2.24, 2.45) is 0 Å². The minimum absolute atomic E-state index is 0. The van der Waals surface area contributed by atoms with Gasteiger partial charge in [0.25, 0.3) is 0 Å². The van der Waals surface area contributed by atoms with Gasteiger partial charge in [-0.15, -0.1) is 26.3 Å². The fraction of sp³-hybridized carbons (Fsp3) is 0.783. The van der Waals surface area contributed by atoms with Crippen molar-refractivity contribution >= 4 is 16.6 Å². The predicted octanol–water partition coefficient (Wildman–Crippen LogP) is 14.5. The number of hydrogen-bond acceptors (Lipinski definition) is 11. The fourth-order valence-electron chi connectivity index (χ4n) is 2.91. The molecule has 0 aliphatic heterocycles. The van der Waals surface area contributed by atoms with E-state index in [1.165, 1.54) is 0 Å². The van der Waals surface area contributed by atoms with Crippen LogP contribution in [0.5, 0.6) is 0 Å². The maximum atomic E-state index is 6.83. The molecule has 13 nitrogen and oxygen atoms in total. The zero-order valence-electron chi connectivity index (χ0n) is 33.3. The molecule has 0 amide bonds. The largest absolute Gasteiger partial charge is 0.414 e. The first-order valence-corrected chi connectivity index (χ1v) is 22.6. The zero-order valence-corrected chi connectivity index (χ0v) is 35.3. The first-order valence-electron chi connectivity index (χ1n) is 16.8. The van der Waals surface area contributed by atoms with Crippen LogP contribution in [0.3, 0.4) is 0 Å². The second-order valence-electron chi connectivity index (χ2n) is 13.7. The number of rotatable bonds is 28. The van der Waals surface area contributed by atoms with E-state index in [9.17, 15) is 0 Å². The molecule has 0 heterocycles. The Morgan fingerprint density at radius 3 is 0.984 bits per heavy atom. The minimum atomic E-state index is -1.84. The highest BCUT2D eigenvalue weighted by atomic mass is 28.4. The van der Waals surface area contributed by atoms with Gasteiger partial charge in [0, 0.05) is 0 Å². The van der Waals surface area contributed by atoms with Crippen molar-refractivity contribution in [1.82, 2.24) is 0 Å². The smallest absolute Gasteiger partial charge is 0.363 e. The summed E-state index contributed by atoms with van der Waals surface area (Å²) < 4.78 is 41.6. The summed E-state index contributed by atoms with van der Waals surface area (Å²) in [7, 11) is -3.68. The van der Waals surface area contributed by atoms with Crippen molar-refractivity contribution in [1.29, 1.82) is 0 Å². The number of hydrogen-bond donors (Lipinski definition) is 0. The average Bonchev–Trinajstić information content (AvgIpc) is 3.07. The standard InChI is InChI=1S/C32H60N2O11Si2.2C2H4.10CH4/c1-27(33-9)44-40-25-30(26-41-45-28(2)34-10)39-20-16-35-15-19-38-29(23-36-17-21-42-46(11,12)31(3,4)5)24-37-18-22-43-47(13,14)32(6,7)8;2*1-2;;;;;;;;;;/h29-30H,1-2,15-26H2,3-8,11-14H3;2*1-2H2;10*1H4. The van der Waals surface area contributed by atoms with Gasteiger partial charge in [-0.1, -0.05) is 129 Å². The van der Waals surface area contributed by atoms with E-state index >= 15 is 0 Å². The molecule has 0 fully saturated rings. The van der Waals surface area contributed by atoms with E-state index in [1.807, 2.05) is 0 Å². The Kier molecular flexibility index (Phi) is 82.4. The average molecular weight is 922 g/mol. The Morgan fingerprint density at radius 2 is 0.721 bits per heavy atom. The maximum absolute atomic E-state index is 6.83. The van der Waals surface area contributed by atoms with Crippen LogP contribution in [0.25, 0.3) is 9.69 Å². The Labute approximate surface area is 385 Å². The summed E-state index contributed by atoms with van der Waals surface area (Å²) in [5.74, 6) is -0.447.